The van der Waals surface area contributed by atoms with Gasteiger partial charge in [-0.15, -0.1) is 0 Å². The second-order valence-electron chi connectivity index (χ2n) is 5.97. The van der Waals surface area contributed by atoms with Crippen LogP contribution in [0.1, 0.15) is 49.7 Å². The van der Waals surface area contributed by atoms with Gasteiger partial charge in [0.1, 0.15) is 5.78 Å². The molecule has 1 aromatic carbocycles. The van der Waals surface area contributed by atoms with Crippen LogP contribution < -0.4 is 5.32 Å². The summed E-state index contributed by atoms with van der Waals surface area (Å²) in [6.07, 6.45) is 7.35. The third-order valence-corrected chi connectivity index (χ3v) is 4.40. The number of benzene rings is 1. The summed E-state index contributed by atoms with van der Waals surface area (Å²) in [4.78, 5) is 12.3. The minimum absolute atomic E-state index is 0.0695. The number of rotatable bonds is 5. The SMILES string of the molecule is CNC1(CC(=O)Cc2ccc(C)cc2)CCCCC1. The highest BCUT2D eigenvalue weighted by Gasteiger charge is 2.32. The second-order valence-corrected chi connectivity index (χ2v) is 5.97. The number of hydrogen-bond donors (Lipinski definition) is 1. The minimum atomic E-state index is 0.0695. The van der Waals surface area contributed by atoms with E-state index in [4.69, 9.17) is 0 Å². The molecule has 2 rings (SSSR count). The number of carbonyl (C=O) groups is 1. The lowest BCUT2D eigenvalue weighted by atomic mass is 9.78. The van der Waals surface area contributed by atoms with Crippen molar-refractivity contribution in [1.82, 2.24) is 5.32 Å². The van der Waals surface area contributed by atoms with Gasteiger partial charge in [-0.2, -0.15) is 0 Å². The molecule has 0 unspecified atom stereocenters. The van der Waals surface area contributed by atoms with Crippen LogP contribution in [0.4, 0.5) is 0 Å². The summed E-state index contributed by atoms with van der Waals surface area (Å²) in [6.45, 7) is 2.07. The molecule has 1 aliphatic carbocycles. The van der Waals surface area contributed by atoms with E-state index in [0.717, 1.165) is 18.4 Å². The molecule has 19 heavy (non-hydrogen) atoms. The van der Waals surface area contributed by atoms with Crippen LogP contribution in [0.3, 0.4) is 0 Å². The van der Waals surface area contributed by atoms with E-state index in [-0.39, 0.29) is 5.54 Å². The van der Waals surface area contributed by atoms with Crippen LogP contribution in [-0.2, 0) is 11.2 Å². The van der Waals surface area contributed by atoms with E-state index in [0.29, 0.717) is 18.6 Å². The van der Waals surface area contributed by atoms with Crippen LogP contribution in [0, 0.1) is 6.92 Å². The molecule has 0 bridgehead atoms. The van der Waals surface area contributed by atoms with Gasteiger partial charge in [0.05, 0.1) is 0 Å². The van der Waals surface area contributed by atoms with E-state index in [1.807, 2.05) is 7.05 Å². The summed E-state index contributed by atoms with van der Waals surface area (Å²) in [6, 6.07) is 8.30. The fraction of sp³-hybridized carbons (Fsp3) is 0.588. The summed E-state index contributed by atoms with van der Waals surface area (Å²) in [5.74, 6) is 0.361. The van der Waals surface area contributed by atoms with Crippen molar-refractivity contribution in [1.29, 1.82) is 0 Å². The van der Waals surface area contributed by atoms with E-state index in [2.05, 4.69) is 36.5 Å². The molecule has 0 saturated heterocycles. The van der Waals surface area contributed by atoms with E-state index < -0.39 is 0 Å². The lowest BCUT2D eigenvalue weighted by Crippen LogP contribution is -2.46. The smallest absolute Gasteiger partial charge is 0.139 e. The van der Waals surface area contributed by atoms with Crippen LogP contribution in [-0.4, -0.2) is 18.4 Å². The Morgan fingerprint density at radius 3 is 2.37 bits per heavy atom. The van der Waals surface area contributed by atoms with Gasteiger partial charge in [-0.3, -0.25) is 4.79 Å². The molecule has 0 atom stereocenters. The summed E-state index contributed by atoms with van der Waals surface area (Å²) in [7, 11) is 2.00. The first-order valence-electron chi connectivity index (χ1n) is 7.40. The van der Waals surface area contributed by atoms with Crippen molar-refractivity contribution in [2.75, 3.05) is 7.05 Å². The monoisotopic (exact) mass is 259 g/mol. The molecule has 0 heterocycles. The average Bonchev–Trinajstić information content (AvgIpc) is 2.42. The van der Waals surface area contributed by atoms with Crippen molar-refractivity contribution >= 4 is 5.78 Å². The topological polar surface area (TPSA) is 29.1 Å². The molecule has 1 saturated carbocycles. The van der Waals surface area contributed by atoms with Gasteiger partial charge in [0, 0.05) is 18.4 Å². The maximum absolute atomic E-state index is 12.3. The largest absolute Gasteiger partial charge is 0.314 e. The van der Waals surface area contributed by atoms with Gasteiger partial charge in [0.25, 0.3) is 0 Å². The van der Waals surface area contributed by atoms with E-state index in [9.17, 15) is 4.79 Å². The first-order valence-corrected chi connectivity index (χ1v) is 7.40. The molecule has 2 heteroatoms. The van der Waals surface area contributed by atoms with Crippen LogP contribution in [0.25, 0.3) is 0 Å². The Bertz CT molecular complexity index is 415. The molecule has 0 radical (unpaired) electrons. The van der Waals surface area contributed by atoms with Gasteiger partial charge >= 0.3 is 0 Å². The Hall–Kier alpha value is -1.15. The molecular weight excluding hydrogens is 234 g/mol. The number of carbonyl (C=O) groups excluding carboxylic acids is 1. The molecular formula is C17H25NO. The number of aryl methyl sites for hydroxylation is 1. The van der Waals surface area contributed by atoms with Crippen molar-refractivity contribution in [3.8, 4) is 0 Å². The normalized spacial score (nSPS) is 18.2. The van der Waals surface area contributed by atoms with Crippen molar-refractivity contribution in [2.45, 2.75) is 57.4 Å². The molecule has 1 fully saturated rings. The lowest BCUT2D eigenvalue weighted by molar-refractivity contribution is -0.120. The first-order chi connectivity index (χ1) is 9.13. The molecule has 0 spiro atoms. The average molecular weight is 259 g/mol. The predicted octanol–water partition coefficient (Wildman–Crippen LogP) is 3.42. The van der Waals surface area contributed by atoms with Gasteiger partial charge in [0.15, 0.2) is 0 Å². The van der Waals surface area contributed by atoms with Crippen molar-refractivity contribution < 1.29 is 4.79 Å². The summed E-state index contributed by atoms with van der Waals surface area (Å²) >= 11 is 0. The fourth-order valence-corrected chi connectivity index (χ4v) is 3.12. The van der Waals surface area contributed by atoms with Gasteiger partial charge in [-0.05, 0) is 32.4 Å². The zero-order valence-electron chi connectivity index (χ0n) is 12.2. The van der Waals surface area contributed by atoms with Crippen molar-refractivity contribution in [3.63, 3.8) is 0 Å². The Morgan fingerprint density at radius 1 is 1.16 bits per heavy atom. The van der Waals surface area contributed by atoms with E-state index >= 15 is 0 Å². The number of ketones is 1. The molecule has 1 aliphatic rings. The Morgan fingerprint density at radius 2 is 1.79 bits per heavy atom. The summed E-state index contributed by atoms with van der Waals surface area (Å²) in [5, 5.41) is 3.42. The minimum Gasteiger partial charge on any atom is -0.314 e. The fourth-order valence-electron chi connectivity index (χ4n) is 3.12. The number of Topliss-reactive ketones (excluding diaryl/α,β-unsaturated/α-hetero) is 1. The van der Waals surface area contributed by atoms with Crippen LogP contribution in [0.5, 0.6) is 0 Å². The Kier molecular flexibility index (Phi) is 4.76. The number of nitrogens with one attached hydrogen (secondary N) is 1. The molecule has 0 amide bonds. The van der Waals surface area contributed by atoms with Crippen molar-refractivity contribution in [2.24, 2.45) is 0 Å². The Labute approximate surface area is 116 Å². The highest BCUT2D eigenvalue weighted by Crippen LogP contribution is 2.31. The van der Waals surface area contributed by atoms with E-state index in [1.54, 1.807) is 0 Å². The standard InChI is InChI=1S/C17H25NO/c1-14-6-8-15(9-7-14)12-16(19)13-17(18-2)10-4-3-5-11-17/h6-9,18H,3-5,10-13H2,1-2H3. The van der Waals surface area contributed by atoms with Crippen molar-refractivity contribution in [3.05, 3.63) is 35.4 Å². The second kappa shape index (κ2) is 6.33. The zero-order chi connectivity index (χ0) is 13.7. The zero-order valence-corrected chi connectivity index (χ0v) is 12.2. The molecule has 0 aliphatic heterocycles. The highest BCUT2D eigenvalue weighted by molar-refractivity contribution is 5.82. The maximum Gasteiger partial charge on any atom is 0.139 e. The van der Waals surface area contributed by atoms with Gasteiger partial charge in [-0.25, -0.2) is 0 Å². The lowest BCUT2D eigenvalue weighted by Gasteiger charge is -2.36. The third-order valence-electron chi connectivity index (χ3n) is 4.40. The quantitative estimate of drug-likeness (QED) is 0.878. The molecule has 1 aromatic rings. The third kappa shape index (κ3) is 3.90. The van der Waals surface area contributed by atoms with Gasteiger partial charge < -0.3 is 5.32 Å². The maximum atomic E-state index is 12.3. The number of hydrogen-bond acceptors (Lipinski definition) is 2. The van der Waals surface area contributed by atoms with Crippen LogP contribution in [0.15, 0.2) is 24.3 Å². The van der Waals surface area contributed by atoms with Crippen LogP contribution in [0.2, 0.25) is 0 Å². The van der Waals surface area contributed by atoms with Crippen LogP contribution >= 0.6 is 0 Å². The molecule has 104 valence electrons. The van der Waals surface area contributed by atoms with E-state index in [1.165, 1.54) is 24.8 Å². The summed E-state index contributed by atoms with van der Waals surface area (Å²) < 4.78 is 0. The summed E-state index contributed by atoms with van der Waals surface area (Å²) in [5.41, 5.74) is 2.45. The van der Waals surface area contributed by atoms with Gasteiger partial charge in [-0.1, -0.05) is 49.1 Å². The molecule has 2 nitrogen and oxygen atoms in total. The van der Waals surface area contributed by atoms with Gasteiger partial charge in [0.2, 0.25) is 0 Å². The highest BCUT2D eigenvalue weighted by atomic mass is 16.1. The molecule has 0 aromatic heterocycles. The Balaban J connectivity index is 1.94. The first kappa shape index (κ1) is 14.3. The predicted molar refractivity (Wildman–Crippen MR) is 79.4 cm³/mol. The molecule has 1 N–H and O–H groups in total.